The Kier molecular flexibility index (Phi) is 4.54. The summed E-state index contributed by atoms with van der Waals surface area (Å²) in [6, 6.07) is 0. The van der Waals surface area contributed by atoms with Gasteiger partial charge in [0, 0.05) is 18.9 Å². The first kappa shape index (κ1) is 16.8. The summed E-state index contributed by atoms with van der Waals surface area (Å²) >= 11 is 6.06. The van der Waals surface area contributed by atoms with Crippen molar-refractivity contribution in [2.24, 2.45) is 0 Å². The number of likely N-dealkylation sites (tertiary alicyclic amines) is 1. The molecule has 2 aromatic heterocycles. The van der Waals surface area contributed by atoms with Gasteiger partial charge in [-0.3, -0.25) is 4.40 Å². The Hall–Kier alpha value is -2.02. The van der Waals surface area contributed by atoms with Crippen LogP contribution < -0.4 is 4.74 Å². The number of ether oxygens (including phenoxy) is 2. The molecule has 2 aromatic rings. The Morgan fingerprint density at radius 1 is 1.38 bits per heavy atom. The fourth-order valence-electron chi connectivity index (χ4n) is 2.63. The van der Waals surface area contributed by atoms with Crippen molar-refractivity contribution in [2.75, 3.05) is 13.1 Å². The largest absolute Gasteiger partial charge is 0.470 e. The summed E-state index contributed by atoms with van der Waals surface area (Å²) in [6.07, 6.45) is 6.12. The zero-order chi connectivity index (χ0) is 17.3. The average Bonchev–Trinajstić information content (AvgIpc) is 2.89. The Morgan fingerprint density at radius 3 is 2.92 bits per heavy atom. The third-order valence-corrected chi connectivity index (χ3v) is 3.94. The molecule has 0 bridgehead atoms. The number of carbonyl (C=O) groups is 1. The Morgan fingerprint density at radius 2 is 2.17 bits per heavy atom. The van der Waals surface area contributed by atoms with E-state index in [1.54, 1.807) is 27.9 Å². The Balaban J connectivity index is 1.70. The third-order valence-electron chi connectivity index (χ3n) is 3.66. The van der Waals surface area contributed by atoms with E-state index in [0.29, 0.717) is 29.8 Å². The van der Waals surface area contributed by atoms with Gasteiger partial charge in [-0.15, -0.1) is 0 Å². The number of amides is 1. The molecule has 0 N–H and O–H groups in total. The van der Waals surface area contributed by atoms with Crippen LogP contribution in [0.1, 0.15) is 33.6 Å². The molecule has 1 fully saturated rings. The number of carbonyl (C=O) groups excluding carboxylic acids is 1. The van der Waals surface area contributed by atoms with Crippen LogP contribution >= 0.6 is 11.6 Å². The third kappa shape index (κ3) is 3.72. The lowest BCUT2D eigenvalue weighted by Gasteiger charge is -2.33. The fraction of sp³-hybridized carbons (Fsp3) is 0.562. The van der Waals surface area contributed by atoms with Crippen molar-refractivity contribution >= 4 is 23.3 Å². The van der Waals surface area contributed by atoms with E-state index in [4.69, 9.17) is 21.1 Å². The van der Waals surface area contributed by atoms with Crippen LogP contribution in [0.3, 0.4) is 0 Å². The van der Waals surface area contributed by atoms with Gasteiger partial charge in [-0.05, 0) is 33.6 Å². The van der Waals surface area contributed by atoms with Crippen LogP contribution in [-0.2, 0) is 4.74 Å². The number of halogens is 1. The van der Waals surface area contributed by atoms with Crippen molar-refractivity contribution in [3.05, 3.63) is 23.7 Å². The predicted molar refractivity (Wildman–Crippen MR) is 89.5 cm³/mol. The summed E-state index contributed by atoms with van der Waals surface area (Å²) in [5.41, 5.74) is 0.0573. The molecule has 0 saturated carbocycles. The molecule has 1 atom stereocenters. The van der Waals surface area contributed by atoms with Crippen molar-refractivity contribution in [3.63, 3.8) is 0 Å². The molecule has 3 heterocycles. The van der Waals surface area contributed by atoms with Gasteiger partial charge in [0.1, 0.15) is 16.9 Å². The average molecular weight is 353 g/mol. The smallest absolute Gasteiger partial charge is 0.410 e. The van der Waals surface area contributed by atoms with Crippen molar-refractivity contribution < 1.29 is 14.3 Å². The van der Waals surface area contributed by atoms with E-state index in [1.165, 1.54) is 0 Å². The second-order valence-electron chi connectivity index (χ2n) is 6.82. The molecule has 3 rings (SSSR count). The minimum absolute atomic E-state index is 0.152. The summed E-state index contributed by atoms with van der Waals surface area (Å²) in [6.45, 7) is 6.70. The van der Waals surface area contributed by atoms with Gasteiger partial charge in [-0.1, -0.05) is 11.6 Å². The highest BCUT2D eigenvalue weighted by molar-refractivity contribution is 6.29. The zero-order valence-electron chi connectivity index (χ0n) is 14.0. The molecule has 0 spiro atoms. The van der Waals surface area contributed by atoms with E-state index in [9.17, 15) is 4.79 Å². The van der Waals surface area contributed by atoms with Crippen molar-refractivity contribution in [1.82, 2.24) is 19.3 Å². The molecular weight excluding hydrogens is 332 g/mol. The first-order valence-electron chi connectivity index (χ1n) is 7.95. The monoisotopic (exact) mass is 352 g/mol. The summed E-state index contributed by atoms with van der Waals surface area (Å²) in [5.74, 6) is 0.417. The Labute approximate surface area is 145 Å². The molecule has 1 saturated heterocycles. The standard InChI is InChI=1S/C16H21ClN4O3/c1-16(2,3)24-15(22)20-7-4-5-11(10-20)23-14-13-19-9-12(17)21(13)8-6-18-14/h6,8-9,11H,4-5,7,10H2,1-3H3. The van der Waals surface area contributed by atoms with E-state index in [1.807, 2.05) is 20.8 Å². The summed E-state index contributed by atoms with van der Waals surface area (Å²) in [5, 5.41) is 0.497. The first-order valence-corrected chi connectivity index (χ1v) is 8.33. The fourth-order valence-corrected chi connectivity index (χ4v) is 2.82. The van der Waals surface area contributed by atoms with Crippen LogP contribution in [-0.4, -0.2) is 50.2 Å². The predicted octanol–water partition coefficient (Wildman–Crippen LogP) is 3.16. The number of aromatic nitrogens is 3. The van der Waals surface area contributed by atoms with Crippen LogP contribution in [0, 0.1) is 0 Å². The minimum Gasteiger partial charge on any atom is -0.470 e. The summed E-state index contributed by atoms with van der Waals surface area (Å²) in [7, 11) is 0. The van der Waals surface area contributed by atoms with E-state index in [-0.39, 0.29) is 12.2 Å². The summed E-state index contributed by atoms with van der Waals surface area (Å²) in [4.78, 5) is 22.4. The second-order valence-corrected chi connectivity index (χ2v) is 7.20. The number of nitrogens with zero attached hydrogens (tertiary/aromatic N) is 4. The number of imidazole rings is 1. The maximum Gasteiger partial charge on any atom is 0.410 e. The van der Waals surface area contributed by atoms with Crippen LogP contribution in [0.5, 0.6) is 5.88 Å². The highest BCUT2D eigenvalue weighted by atomic mass is 35.5. The molecular formula is C16H21ClN4O3. The molecule has 8 heteroatoms. The van der Waals surface area contributed by atoms with Gasteiger partial charge >= 0.3 is 6.09 Å². The zero-order valence-corrected chi connectivity index (χ0v) is 14.8. The van der Waals surface area contributed by atoms with E-state index < -0.39 is 5.60 Å². The number of piperidine rings is 1. The molecule has 24 heavy (non-hydrogen) atoms. The van der Waals surface area contributed by atoms with Crippen LogP contribution in [0.2, 0.25) is 5.15 Å². The SMILES string of the molecule is CC(C)(C)OC(=O)N1CCCC(Oc2nccn3c(Cl)cnc23)C1. The number of hydrogen-bond acceptors (Lipinski definition) is 5. The Bertz CT molecular complexity index is 740. The van der Waals surface area contributed by atoms with Gasteiger partial charge in [0.25, 0.3) is 5.88 Å². The van der Waals surface area contributed by atoms with Crippen molar-refractivity contribution in [1.29, 1.82) is 0 Å². The van der Waals surface area contributed by atoms with E-state index >= 15 is 0 Å². The number of fused-ring (bicyclic) bond motifs is 1. The van der Waals surface area contributed by atoms with Gasteiger partial charge in [0.15, 0.2) is 0 Å². The molecule has 130 valence electrons. The van der Waals surface area contributed by atoms with Crippen LogP contribution in [0.15, 0.2) is 18.6 Å². The summed E-state index contributed by atoms with van der Waals surface area (Å²) < 4.78 is 13.1. The topological polar surface area (TPSA) is 69.0 Å². The molecule has 1 aliphatic heterocycles. The van der Waals surface area contributed by atoms with Crippen LogP contribution in [0.25, 0.3) is 5.65 Å². The van der Waals surface area contributed by atoms with E-state index in [2.05, 4.69) is 9.97 Å². The highest BCUT2D eigenvalue weighted by Gasteiger charge is 2.29. The van der Waals surface area contributed by atoms with Gasteiger partial charge < -0.3 is 14.4 Å². The van der Waals surface area contributed by atoms with Gasteiger partial charge in [0.05, 0.1) is 12.7 Å². The second kappa shape index (κ2) is 6.47. The number of hydrogen-bond donors (Lipinski definition) is 0. The maximum atomic E-state index is 12.2. The van der Waals surface area contributed by atoms with E-state index in [0.717, 1.165) is 12.8 Å². The quantitative estimate of drug-likeness (QED) is 0.830. The molecule has 1 amide bonds. The molecule has 0 radical (unpaired) electrons. The molecule has 0 aliphatic carbocycles. The molecule has 0 aromatic carbocycles. The van der Waals surface area contributed by atoms with Gasteiger partial charge in [0.2, 0.25) is 5.65 Å². The number of rotatable bonds is 2. The van der Waals surface area contributed by atoms with Crippen molar-refractivity contribution in [2.45, 2.75) is 45.3 Å². The lowest BCUT2D eigenvalue weighted by molar-refractivity contribution is 0.00736. The highest BCUT2D eigenvalue weighted by Crippen LogP contribution is 2.23. The first-order chi connectivity index (χ1) is 11.3. The minimum atomic E-state index is -0.509. The van der Waals surface area contributed by atoms with Crippen LogP contribution in [0.4, 0.5) is 4.79 Å². The normalized spacial score (nSPS) is 18.7. The molecule has 7 nitrogen and oxygen atoms in total. The van der Waals surface area contributed by atoms with Gasteiger partial charge in [-0.2, -0.15) is 0 Å². The lowest BCUT2D eigenvalue weighted by atomic mass is 10.1. The maximum absolute atomic E-state index is 12.2. The van der Waals surface area contributed by atoms with Gasteiger partial charge in [-0.25, -0.2) is 14.8 Å². The molecule has 1 unspecified atom stereocenters. The lowest BCUT2D eigenvalue weighted by Crippen LogP contribution is -2.46. The van der Waals surface area contributed by atoms with Crippen molar-refractivity contribution in [3.8, 4) is 5.88 Å². The molecule has 1 aliphatic rings.